The Balaban J connectivity index is 0.00000264. The van der Waals surface area contributed by atoms with Gasteiger partial charge in [0.15, 0.2) is 0 Å². The van der Waals surface area contributed by atoms with E-state index in [1.807, 2.05) is 24.3 Å². The summed E-state index contributed by atoms with van der Waals surface area (Å²) in [7, 11) is 0. The van der Waals surface area contributed by atoms with E-state index in [1.54, 1.807) is 11.8 Å². The molecule has 1 fully saturated rings. The molecule has 4 nitrogen and oxygen atoms in total. The lowest BCUT2D eigenvalue weighted by atomic mass is 10.2. The molecule has 0 radical (unpaired) electrons. The number of halogens is 2. The van der Waals surface area contributed by atoms with Crippen molar-refractivity contribution in [2.24, 2.45) is 0 Å². The molecule has 2 rings (SSSR count). The van der Waals surface area contributed by atoms with Crippen LogP contribution in [0.3, 0.4) is 0 Å². The Morgan fingerprint density at radius 2 is 1.96 bits per heavy atom. The fraction of sp³-hybridized carbons (Fsp3) is 0.562. The van der Waals surface area contributed by atoms with Gasteiger partial charge in [0.2, 0.25) is 5.91 Å². The van der Waals surface area contributed by atoms with Crippen LogP contribution in [0.1, 0.15) is 12.0 Å². The fourth-order valence-corrected chi connectivity index (χ4v) is 3.30. The minimum Gasteiger partial charge on any atom is -0.355 e. The van der Waals surface area contributed by atoms with Crippen molar-refractivity contribution in [3.63, 3.8) is 0 Å². The van der Waals surface area contributed by atoms with E-state index in [9.17, 15) is 4.79 Å². The number of benzene rings is 1. The summed E-state index contributed by atoms with van der Waals surface area (Å²) in [5.74, 6) is 1.47. The number of thioether (sulfide) groups is 1. The summed E-state index contributed by atoms with van der Waals surface area (Å²) >= 11 is 7.48. The van der Waals surface area contributed by atoms with E-state index in [-0.39, 0.29) is 18.3 Å². The van der Waals surface area contributed by atoms with E-state index in [1.165, 1.54) is 5.56 Å². The van der Waals surface area contributed by atoms with Crippen LogP contribution in [0.15, 0.2) is 24.3 Å². The van der Waals surface area contributed by atoms with Gasteiger partial charge in [0, 0.05) is 43.5 Å². The van der Waals surface area contributed by atoms with E-state index in [4.69, 9.17) is 11.6 Å². The third-order valence-electron chi connectivity index (χ3n) is 3.60. The molecule has 2 N–H and O–H groups in total. The van der Waals surface area contributed by atoms with E-state index in [0.717, 1.165) is 56.5 Å². The number of hydrogen-bond acceptors (Lipinski definition) is 4. The summed E-state index contributed by atoms with van der Waals surface area (Å²) in [6.07, 6.45) is 1.02. The van der Waals surface area contributed by atoms with Gasteiger partial charge in [0.1, 0.15) is 0 Å². The van der Waals surface area contributed by atoms with Gasteiger partial charge in [-0.15, -0.1) is 24.2 Å². The highest BCUT2D eigenvalue weighted by molar-refractivity contribution is 7.99. The van der Waals surface area contributed by atoms with Crippen molar-refractivity contribution in [3.05, 3.63) is 34.9 Å². The minimum atomic E-state index is 0. The number of carbonyl (C=O) groups is 1. The molecule has 0 bridgehead atoms. The maximum absolute atomic E-state index is 11.8. The Hall–Kier alpha value is -0.460. The van der Waals surface area contributed by atoms with Crippen molar-refractivity contribution < 1.29 is 4.79 Å². The van der Waals surface area contributed by atoms with E-state index >= 15 is 0 Å². The third kappa shape index (κ3) is 8.82. The van der Waals surface area contributed by atoms with Crippen molar-refractivity contribution >= 4 is 41.7 Å². The summed E-state index contributed by atoms with van der Waals surface area (Å²) in [5.41, 5.74) is 1.20. The van der Waals surface area contributed by atoms with E-state index in [2.05, 4.69) is 15.5 Å². The molecule has 0 aromatic heterocycles. The van der Waals surface area contributed by atoms with Crippen LogP contribution in [0.25, 0.3) is 0 Å². The van der Waals surface area contributed by atoms with Crippen molar-refractivity contribution in [2.75, 3.05) is 45.0 Å². The van der Waals surface area contributed by atoms with Crippen LogP contribution in [-0.2, 0) is 10.5 Å². The Morgan fingerprint density at radius 1 is 1.26 bits per heavy atom. The molecule has 23 heavy (non-hydrogen) atoms. The second-order valence-corrected chi connectivity index (χ2v) is 6.84. The molecular formula is C16H25Cl2N3OS. The highest BCUT2D eigenvalue weighted by Crippen LogP contribution is 2.15. The number of nitrogens with zero attached hydrogens (tertiary/aromatic N) is 1. The summed E-state index contributed by atoms with van der Waals surface area (Å²) in [4.78, 5) is 14.2. The Kier molecular flexibility index (Phi) is 10.7. The standard InChI is InChI=1S/C16H24ClN3OS.ClH/c17-15-4-2-14(3-5-15)12-22-13-16(21)19-6-1-9-20-10-7-18-8-11-20;/h2-5,18H,1,6-13H2,(H,19,21);1H. The molecule has 0 atom stereocenters. The van der Waals surface area contributed by atoms with Crippen molar-refractivity contribution in [2.45, 2.75) is 12.2 Å². The largest absolute Gasteiger partial charge is 0.355 e. The van der Waals surface area contributed by atoms with Gasteiger partial charge < -0.3 is 15.5 Å². The number of hydrogen-bond donors (Lipinski definition) is 2. The van der Waals surface area contributed by atoms with Crippen LogP contribution in [0.5, 0.6) is 0 Å². The van der Waals surface area contributed by atoms with Gasteiger partial charge in [-0.1, -0.05) is 23.7 Å². The predicted molar refractivity (Wildman–Crippen MR) is 102 cm³/mol. The molecular weight excluding hydrogens is 353 g/mol. The molecule has 1 saturated heterocycles. The second kappa shape index (κ2) is 12.0. The summed E-state index contributed by atoms with van der Waals surface area (Å²) in [5, 5.41) is 7.08. The summed E-state index contributed by atoms with van der Waals surface area (Å²) in [6, 6.07) is 7.77. The van der Waals surface area contributed by atoms with Crippen LogP contribution in [0.2, 0.25) is 5.02 Å². The molecule has 130 valence electrons. The van der Waals surface area contributed by atoms with Gasteiger partial charge in [0.25, 0.3) is 0 Å². The van der Waals surface area contributed by atoms with Crippen molar-refractivity contribution in [1.82, 2.24) is 15.5 Å². The van der Waals surface area contributed by atoms with Crippen LogP contribution in [-0.4, -0.2) is 55.8 Å². The molecule has 1 aliphatic rings. The van der Waals surface area contributed by atoms with E-state index < -0.39 is 0 Å². The zero-order valence-electron chi connectivity index (χ0n) is 13.2. The molecule has 0 spiro atoms. The molecule has 1 amide bonds. The van der Waals surface area contributed by atoms with Crippen LogP contribution in [0.4, 0.5) is 0 Å². The Bertz CT molecular complexity index is 453. The van der Waals surface area contributed by atoms with Gasteiger partial charge in [-0.05, 0) is 30.7 Å². The number of carbonyl (C=O) groups excluding carboxylic acids is 1. The first-order valence-electron chi connectivity index (χ1n) is 7.76. The van der Waals surface area contributed by atoms with Crippen molar-refractivity contribution in [3.8, 4) is 0 Å². The first-order valence-corrected chi connectivity index (χ1v) is 9.29. The van der Waals surface area contributed by atoms with Crippen LogP contribution >= 0.6 is 35.8 Å². The number of piperazine rings is 1. The Labute approximate surface area is 154 Å². The maximum Gasteiger partial charge on any atom is 0.230 e. The molecule has 0 unspecified atom stereocenters. The van der Waals surface area contributed by atoms with Crippen molar-refractivity contribution in [1.29, 1.82) is 0 Å². The van der Waals surface area contributed by atoms with Gasteiger partial charge in [-0.3, -0.25) is 4.79 Å². The minimum absolute atomic E-state index is 0. The average molecular weight is 378 g/mol. The molecule has 7 heteroatoms. The fourth-order valence-electron chi connectivity index (χ4n) is 2.36. The predicted octanol–water partition coefficient (Wildman–Crippen LogP) is 2.41. The zero-order chi connectivity index (χ0) is 15.6. The SMILES string of the molecule is Cl.O=C(CSCc1ccc(Cl)cc1)NCCCN1CCNCC1. The molecule has 0 aliphatic carbocycles. The third-order valence-corrected chi connectivity index (χ3v) is 4.85. The zero-order valence-corrected chi connectivity index (χ0v) is 15.6. The smallest absolute Gasteiger partial charge is 0.230 e. The van der Waals surface area contributed by atoms with Crippen LogP contribution in [0, 0.1) is 0 Å². The first-order chi connectivity index (χ1) is 10.7. The number of amides is 1. The second-order valence-electron chi connectivity index (χ2n) is 5.41. The van der Waals surface area contributed by atoms with Gasteiger partial charge in [0.05, 0.1) is 5.75 Å². The number of nitrogens with one attached hydrogen (secondary N) is 2. The summed E-state index contributed by atoms with van der Waals surface area (Å²) in [6.45, 7) is 6.22. The lowest BCUT2D eigenvalue weighted by Crippen LogP contribution is -2.44. The molecule has 1 aromatic carbocycles. The Morgan fingerprint density at radius 3 is 2.65 bits per heavy atom. The monoisotopic (exact) mass is 377 g/mol. The number of rotatable bonds is 8. The first kappa shape index (κ1) is 20.6. The molecule has 1 aromatic rings. The lowest BCUT2D eigenvalue weighted by molar-refractivity contribution is -0.118. The average Bonchev–Trinajstić information content (AvgIpc) is 2.54. The van der Waals surface area contributed by atoms with Gasteiger partial charge in [-0.25, -0.2) is 0 Å². The highest BCUT2D eigenvalue weighted by atomic mass is 35.5. The molecule has 1 aliphatic heterocycles. The summed E-state index contributed by atoms with van der Waals surface area (Å²) < 4.78 is 0. The quantitative estimate of drug-likeness (QED) is 0.682. The maximum atomic E-state index is 11.8. The van der Waals surface area contributed by atoms with Gasteiger partial charge in [-0.2, -0.15) is 0 Å². The van der Waals surface area contributed by atoms with Gasteiger partial charge >= 0.3 is 0 Å². The highest BCUT2D eigenvalue weighted by Gasteiger charge is 2.08. The van der Waals surface area contributed by atoms with E-state index in [0.29, 0.717) is 5.75 Å². The van der Waals surface area contributed by atoms with Crippen LogP contribution < -0.4 is 10.6 Å². The molecule has 0 saturated carbocycles. The normalized spacial score (nSPS) is 15.0. The lowest BCUT2D eigenvalue weighted by Gasteiger charge is -2.27. The topological polar surface area (TPSA) is 44.4 Å². The molecule has 1 heterocycles.